The third kappa shape index (κ3) is 5.60. The molecule has 0 atom stereocenters. The van der Waals surface area contributed by atoms with Gasteiger partial charge in [0.15, 0.2) is 6.61 Å². The molecule has 0 heterocycles. The van der Waals surface area contributed by atoms with Crippen molar-refractivity contribution in [3.05, 3.63) is 57.6 Å². The molecule has 1 N–H and O–H groups in total. The summed E-state index contributed by atoms with van der Waals surface area (Å²) >= 11 is 11.8. The van der Waals surface area contributed by atoms with Crippen molar-refractivity contribution in [3.8, 4) is 5.75 Å². The van der Waals surface area contributed by atoms with Gasteiger partial charge in [0, 0.05) is 10.7 Å². The van der Waals surface area contributed by atoms with E-state index in [4.69, 9.17) is 27.9 Å². The van der Waals surface area contributed by atoms with Gasteiger partial charge in [-0.2, -0.15) is 0 Å². The van der Waals surface area contributed by atoms with Gasteiger partial charge in [-0.15, -0.1) is 0 Å². The van der Waals surface area contributed by atoms with E-state index in [9.17, 15) is 14.4 Å². The molecule has 1 amide bonds. The minimum atomic E-state index is -0.666. The molecule has 0 unspecified atom stereocenters. The molecule has 142 valence electrons. The standard InChI is InChI=1S/C18H15Cl2NO6/c1-25-17(23)10-5-11(18(24)26-2)7-13(6-10)21-16(22)9-27-15-4-3-12(19)8-14(15)20/h3-8H,9H2,1-2H3,(H,21,22). The van der Waals surface area contributed by atoms with Gasteiger partial charge in [-0.05, 0) is 36.4 Å². The van der Waals surface area contributed by atoms with E-state index in [2.05, 4.69) is 14.8 Å². The molecule has 0 bridgehead atoms. The van der Waals surface area contributed by atoms with Crippen molar-refractivity contribution < 1.29 is 28.6 Å². The Morgan fingerprint density at radius 2 is 1.52 bits per heavy atom. The summed E-state index contributed by atoms with van der Waals surface area (Å²) in [5.74, 6) is -1.57. The van der Waals surface area contributed by atoms with Crippen molar-refractivity contribution in [1.29, 1.82) is 0 Å². The highest BCUT2D eigenvalue weighted by Gasteiger charge is 2.15. The van der Waals surface area contributed by atoms with E-state index < -0.39 is 17.8 Å². The van der Waals surface area contributed by atoms with Gasteiger partial charge in [0.2, 0.25) is 0 Å². The summed E-state index contributed by atoms with van der Waals surface area (Å²) in [6.45, 7) is -0.350. The predicted molar refractivity (Wildman–Crippen MR) is 99.7 cm³/mol. The molecule has 0 saturated carbocycles. The van der Waals surface area contributed by atoms with Gasteiger partial charge in [0.05, 0.1) is 30.4 Å². The first-order valence-electron chi connectivity index (χ1n) is 7.53. The van der Waals surface area contributed by atoms with Crippen LogP contribution in [0.5, 0.6) is 5.75 Å². The largest absolute Gasteiger partial charge is 0.482 e. The highest BCUT2D eigenvalue weighted by Crippen LogP contribution is 2.27. The number of methoxy groups -OCH3 is 2. The predicted octanol–water partition coefficient (Wildman–Crippen LogP) is 3.58. The molecule has 7 nitrogen and oxygen atoms in total. The highest BCUT2D eigenvalue weighted by molar-refractivity contribution is 6.35. The van der Waals surface area contributed by atoms with Crippen LogP contribution in [0.3, 0.4) is 0 Å². The van der Waals surface area contributed by atoms with E-state index in [1.54, 1.807) is 6.07 Å². The second kappa shape index (κ2) is 9.25. The average molecular weight is 412 g/mol. The highest BCUT2D eigenvalue weighted by atomic mass is 35.5. The quantitative estimate of drug-likeness (QED) is 0.730. The number of amides is 1. The molecule has 27 heavy (non-hydrogen) atoms. The molecule has 0 fully saturated rings. The fraction of sp³-hybridized carbons (Fsp3) is 0.167. The van der Waals surface area contributed by atoms with E-state index in [1.165, 1.54) is 44.6 Å². The summed E-state index contributed by atoms with van der Waals surface area (Å²) in [5, 5.41) is 3.23. The smallest absolute Gasteiger partial charge is 0.337 e. The Morgan fingerprint density at radius 1 is 0.926 bits per heavy atom. The topological polar surface area (TPSA) is 90.9 Å². The van der Waals surface area contributed by atoms with Crippen molar-refractivity contribution >= 4 is 46.7 Å². The normalized spacial score (nSPS) is 10.1. The molecule has 2 aromatic rings. The molecule has 0 aliphatic rings. The Bertz CT molecular complexity index is 850. The number of carbonyl (C=O) groups excluding carboxylic acids is 3. The number of benzene rings is 2. The SMILES string of the molecule is COC(=O)c1cc(NC(=O)COc2ccc(Cl)cc2Cl)cc(C(=O)OC)c1. The lowest BCUT2D eigenvalue weighted by Gasteiger charge is -2.11. The zero-order valence-corrected chi connectivity index (χ0v) is 15.9. The maximum absolute atomic E-state index is 12.1. The maximum Gasteiger partial charge on any atom is 0.337 e. The van der Waals surface area contributed by atoms with Gasteiger partial charge in [-0.1, -0.05) is 23.2 Å². The zero-order chi connectivity index (χ0) is 20.0. The number of ether oxygens (including phenoxy) is 3. The summed E-state index contributed by atoms with van der Waals surface area (Å²) in [6.07, 6.45) is 0. The van der Waals surface area contributed by atoms with Crippen molar-refractivity contribution in [2.45, 2.75) is 0 Å². The zero-order valence-electron chi connectivity index (χ0n) is 14.4. The van der Waals surface area contributed by atoms with Crippen LogP contribution in [0.15, 0.2) is 36.4 Å². The summed E-state index contributed by atoms with van der Waals surface area (Å²) in [7, 11) is 2.41. The molecule has 0 aromatic heterocycles. The number of nitrogens with one attached hydrogen (secondary N) is 1. The lowest BCUT2D eigenvalue weighted by atomic mass is 10.1. The minimum absolute atomic E-state index is 0.0809. The number of anilines is 1. The number of halogens is 2. The average Bonchev–Trinajstić information content (AvgIpc) is 2.65. The van der Waals surface area contributed by atoms with E-state index in [0.29, 0.717) is 5.02 Å². The fourth-order valence-corrected chi connectivity index (χ4v) is 2.57. The first kappa shape index (κ1) is 20.5. The number of esters is 2. The molecular formula is C18H15Cl2NO6. The summed E-state index contributed by atoms with van der Waals surface area (Å²) in [5.41, 5.74) is 0.365. The van der Waals surface area contributed by atoms with Crippen LogP contribution in [0.4, 0.5) is 5.69 Å². The Balaban J connectivity index is 2.13. The minimum Gasteiger partial charge on any atom is -0.482 e. The third-order valence-electron chi connectivity index (χ3n) is 3.31. The number of hydrogen-bond donors (Lipinski definition) is 1. The van der Waals surface area contributed by atoms with Crippen LogP contribution in [-0.4, -0.2) is 38.7 Å². The van der Waals surface area contributed by atoms with Crippen molar-refractivity contribution in [3.63, 3.8) is 0 Å². The third-order valence-corrected chi connectivity index (χ3v) is 3.84. The lowest BCUT2D eigenvalue weighted by Crippen LogP contribution is -2.21. The van der Waals surface area contributed by atoms with Gasteiger partial charge in [-0.3, -0.25) is 4.79 Å². The molecule has 0 saturated heterocycles. The molecule has 0 radical (unpaired) electrons. The van der Waals surface area contributed by atoms with Crippen LogP contribution in [0, 0.1) is 0 Å². The van der Waals surface area contributed by atoms with Gasteiger partial charge >= 0.3 is 11.9 Å². The van der Waals surface area contributed by atoms with Gasteiger partial charge in [0.25, 0.3) is 5.91 Å². The van der Waals surface area contributed by atoms with E-state index in [-0.39, 0.29) is 34.2 Å². The second-order valence-electron chi connectivity index (χ2n) is 5.19. The Hall–Kier alpha value is -2.77. The van der Waals surface area contributed by atoms with Gasteiger partial charge in [0.1, 0.15) is 5.75 Å². The molecule has 0 aliphatic carbocycles. The van der Waals surface area contributed by atoms with Crippen LogP contribution in [0.2, 0.25) is 10.0 Å². The van der Waals surface area contributed by atoms with Gasteiger partial charge < -0.3 is 19.5 Å². The first-order valence-corrected chi connectivity index (χ1v) is 8.29. The first-order chi connectivity index (χ1) is 12.8. The lowest BCUT2D eigenvalue weighted by molar-refractivity contribution is -0.118. The summed E-state index contributed by atoms with van der Waals surface area (Å²) in [6, 6.07) is 8.63. The maximum atomic E-state index is 12.1. The Labute approximate surface area is 165 Å². The molecule has 0 spiro atoms. The molecule has 2 aromatic carbocycles. The number of hydrogen-bond acceptors (Lipinski definition) is 6. The van der Waals surface area contributed by atoms with Crippen molar-refractivity contribution in [1.82, 2.24) is 0 Å². The van der Waals surface area contributed by atoms with Crippen LogP contribution in [-0.2, 0) is 14.3 Å². The van der Waals surface area contributed by atoms with Crippen LogP contribution in [0.25, 0.3) is 0 Å². The molecule has 2 rings (SSSR count). The van der Waals surface area contributed by atoms with Crippen LogP contribution >= 0.6 is 23.2 Å². The Kier molecular flexibility index (Phi) is 7.04. The number of carbonyl (C=O) groups is 3. The number of rotatable bonds is 6. The van der Waals surface area contributed by atoms with Crippen molar-refractivity contribution in [2.24, 2.45) is 0 Å². The summed E-state index contributed by atoms with van der Waals surface area (Å²) in [4.78, 5) is 35.6. The van der Waals surface area contributed by atoms with Crippen molar-refractivity contribution in [2.75, 3.05) is 26.1 Å². The monoisotopic (exact) mass is 411 g/mol. The summed E-state index contributed by atoms with van der Waals surface area (Å²) < 4.78 is 14.6. The fourth-order valence-electron chi connectivity index (χ4n) is 2.10. The van der Waals surface area contributed by atoms with Gasteiger partial charge in [-0.25, -0.2) is 9.59 Å². The Morgan fingerprint density at radius 3 is 2.04 bits per heavy atom. The molecule has 0 aliphatic heterocycles. The molecule has 9 heteroatoms. The molecular weight excluding hydrogens is 397 g/mol. The van der Waals surface area contributed by atoms with Crippen LogP contribution < -0.4 is 10.1 Å². The second-order valence-corrected chi connectivity index (χ2v) is 6.04. The van der Waals surface area contributed by atoms with E-state index in [0.717, 1.165) is 0 Å². The van der Waals surface area contributed by atoms with Crippen LogP contribution in [0.1, 0.15) is 20.7 Å². The van der Waals surface area contributed by atoms with E-state index in [1.807, 2.05) is 0 Å². The van der Waals surface area contributed by atoms with E-state index >= 15 is 0 Å².